The molecule has 0 saturated carbocycles. The van der Waals surface area contributed by atoms with Crippen LogP contribution in [0, 0.1) is 5.92 Å². The Hall–Kier alpha value is -0.910. The fourth-order valence-electron chi connectivity index (χ4n) is 2.79. The van der Waals surface area contributed by atoms with Gasteiger partial charge in [0.25, 0.3) is 0 Å². The summed E-state index contributed by atoms with van der Waals surface area (Å²) in [5.74, 6) is 0.576. The van der Waals surface area contributed by atoms with E-state index in [0.717, 1.165) is 45.1 Å². The van der Waals surface area contributed by atoms with Crippen LogP contribution in [0.3, 0.4) is 0 Å². The molecule has 2 rings (SSSR count). The lowest BCUT2D eigenvalue weighted by atomic mass is 9.92. The molecule has 1 aromatic rings. The summed E-state index contributed by atoms with van der Waals surface area (Å²) < 4.78 is 5.74. The number of hydrogen-bond acceptors (Lipinski definition) is 4. The summed E-state index contributed by atoms with van der Waals surface area (Å²) in [6.07, 6.45) is 0. The van der Waals surface area contributed by atoms with Crippen molar-refractivity contribution in [2.75, 3.05) is 46.9 Å². The molecular weight excluding hydrogens is 264 g/mol. The summed E-state index contributed by atoms with van der Waals surface area (Å²) >= 11 is 0. The lowest BCUT2D eigenvalue weighted by Gasteiger charge is -2.24. The second-order valence-electron chi connectivity index (χ2n) is 7.47. The van der Waals surface area contributed by atoms with E-state index in [9.17, 15) is 0 Å². The van der Waals surface area contributed by atoms with Gasteiger partial charge in [0.05, 0.1) is 18.9 Å². The van der Waals surface area contributed by atoms with Crippen molar-refractivity contribution >= 4 is 0 Å². The summed E-state index contributed by atoms with van der Waals surface area (Å²) in [6.45, 7) is 12.4. The van der Waals surface area contributed by atoms with Gasteiger partial charge in [-0.15, -0.1) is 0 Å². The SMILES string of the molecule is CN(C)C[C@@H]1COCCN(Cc2cc(C(C)(C)C)n[nH]2)C1. The van der Waals surface area contributed by atoms with Crippen LogP contribution in [0.15, 0.2) is 6.07 Å². The maximum absolute atomic E-state index is 5.74. The topological polar surface area (TPSA) is 44.4 Å². The van der Waals surface area contributed by atoms with E-state index in [2.05, 4.69) is 60.9 Å². The first-order valence-electron chi connectivity index (χ1n) is 7.84. The molecule has 1 aliphatic heterocycles. The van der Waals surface area contributed by atoms with Crippen LogP contribution in [-0.4, -0.2) is 66.9 Å². The third-order valence-corrected chi connectivity index (χ3v) is 3.84. The molecule has 0 spiro atoms. The van der Waals surface area contributed by atoms with Crippen molar-refractivity contribution in [3.05, 3.63) is 17.5 Å². The van der Waals surface area contributed by atoms with Gasteiger partial charge >= 0.3 is 0 Å². The zero-order valence-corrected chi connectivity index (χ0v) is 14.1. The van der Waals surface area contributed by atoms with Crippen molar-refractivity contribution in [1.82, 2.24) is 20.0 Å². The predicted octanol–water partition coefficient (Wildman–Crippen LogP) is 1.72. The first-order chi connectivity index (χ1) is 9.84. The Morgan fingerprint density at radius 2 is 2.19 bits per heavy atom. The number of rotatable bonds is 4. The number of H-pyrrole nitrogens is 1. The zero-order valence-electron chi connectivity index (χ0n) is 14.1. The van der Waals surface area contributed by atoms with Crippen LogP contribution >= 0.6 is 0 Å². The van der Waals surface area contributed by atoms with Gasteiger partial charge < -0.3 is 9.64 Å². The third kappa shape index (κ3) is 5.09. The Kier molecular flexibility index (Phi) is 5.41. The van der Waals surface area contributed by atoms with E-state index in [1.54, 1.807) is 0 Å². The van der Waals surface area contributed by atoms with E-state index >= 15 is 0 Å². The highest BCUT2D eigenvalue weighted by atomic mass is 16.5. The molecule has 0 aliphatic carbocycles. The highest BCUT2D eigenvalue weighted by Crippen LogP contribution is 2.21. The van der Waals surface area contributed by atoms with Gasteiger partial charge in [-0.2, -0.15) is 5.10 Å². The predicted molar refractivity (Wildman–Crippen MR) is 85.4 cm³/mol. The van der Waals surface area contributed by atoms with Crippen molar-refractivity contribution in [2.24, 2.45) is 5.92 Å². The minimum atomic E-state index is 0.101. The van der Waals surface area contributed by atoms with Crippen LogP contribution in [0.1, 0.15) is 32.2 Å². The van der Waals surface area contributed by atoms with Gasteiger partial charge in [0.15, 0.2) is 0 Å². The van der Waals surface area contributed by atoms with E-state index in [1.807, 2.05) is 0 Å². The molecule has 0 amide bonds. The molecule has 0 unspecified atom stereocenters. The Labute approximate surface area is 128 Å². The molecule has 120 valence electrons. The molecule has 5 nitrogen and oxygen atoms in total. The van der Waals surface area contributed by atoms with Crippen molar-refractivity contribution in [3.63, 3.8) is 0 Å². The molecule has 0 aromatic carbocycles. The Balaban J connectivity index is 1.95. The fourth-order valence-corrected chi connectivity index (χ4v) is 2.79. The van der Waals surface area contributed by atoms with E-state index in [4.69, 9.17) is 4.74 Å². The van der Waals surface area contributed by atoms with Gasteiger partial charge in [-0.05, 0) is 20.2 Å². The smallest absolute Gasteiger partial charge is 0.0678 e. The van der Waals surface area contributed by atoms with Crippen molar-refractivity contribution < 1.29 is 4.74 Å². The summed E-state index contributed by atoms with van der Waals surface area (Å²) in [4.78, 5) is 4.71. The summed E-state index contributed by atoms with van der Waals surface area (Å²) in [6, 6.07) is 2.20. The lowest BCUT2D eigenvalue weighted by molar-refractivity contribution is 0.112. The van der Waals surface area contributed by atoms with Gasteiger partial charge in [-0.3, -0.25) is 10.00 Å². The Morgan fingerprint density at radius 3 is 2.81 bits per heavy atom. The number of ether oxygens (including phenoxy) is 1. The van der Waals surface area contributed by atoms with E-state index < -0.39 is 0 Å². The number of nitrogens with one attached hydrogen (secondary N) is 1. The first kappa shape index (κ1) is 16.5. The zero-order chi connectivity index (χ0) is 15.5. The molecule has 1 N–H and O–H groups in total. The van der Waals surface area contributed by atoms with Crippen LogP contribution in [0.25, 0.3) is 0 Å². The maximum Gasteiger partial charge on any atom is 0.0678 e. The molecule has 5 heteroatoms. The average molecular weight is 294 g/mol. The number of hydrogen-bond donors (Lipinski definition) is 1. The minimum Gasteiger partial charge on any atom is -0.380 e. The van der Waals surface area contributed by atoms with Crippen molar-refractivity contribution in [2.45, 2.75) is 32.7 Å². The van der Waals surface area contributed by atoms with E-state index in [0.29, 0.717) is 5.92 Å². The first-order valence-corrected chi connectivity index (χ1v) is 7.84. The second-order valence-corrected chi connectivity index (χ2v) is 7.47. The molecule has 1 aromatic heterocycles. The molecule has 1 fully saturated rings. The summed E-state index contributed by atoms with van der Waals surface area (Å²) in [5.41, 5.74) is 2.43. The van der Waals surface area contributed by atoms with E-state index in [1.165, 1.54) is 5.69 Å². The molecule has 1 saturated heterocycles. The van der Waals surface area contributed by atoms with Gasteiger partial charge in [-0.25, -0.2) is 0 Å². The van der Waals surface area contributed by atoms with Gasteiger partial charge in [0, 0.05) is 43.2 Å². The number of nitrogens with zero attached hydrogens (tertiary/aromatic N) is 3. The van der Waals surface area contributed by atoms with Crippen LogP contribution < -0.4 is 0 Å². The van der Waals surface area contributed by atoms with Crippen molar-refractivity contribution in [1.29, 1.82) is 0 Å². The van der Waals surface area contributed by atoms with Gasteiger partial charge in [0.1, 0.15) is 0 Å². The molecule has 21 heavy (non-hydrogen) atoms. The van der Waals surface area contributed by atoms with Crippen LogP contribution in [0.2, 0.25) is 0 Å². The summed E-state index contributed by atoms with van der Waals surface area (Å²) in [5, 5.41) is 7.65. The standard InChI is InChI=1S/C16H30N4O/c1-16(2,3)15-8-14(17-18-15)11-20-6-7-21-12-13(10-20)9-19(4)5/h8,13H,6-7,9-12H2,1-5H3,(H,17,18)/t13-/m0/s1. The van der Waals surface area contributed by atoms with Crippen LogP contribution in [0.5, 0.6) is 0 Å². The second kappa shape index (κ2) is 6.90. The highest BCUT2D eigenvalue weighted by Gasteiger charge is 2.21. The largest absolute Gasteiger partial charge is 0.380 e. The Morgan fingerprint density at radius 1 is 1.43 bits per heavy atom. The normalized spacial score (nSPS) is 21.7. The fraction of sp³-hybridized carbons (Fsp3) is 0.812. The minimum absolute atomic E-state index is 0.101. The molecule has 1 atom stereocenters. The molecule has 0 bridgehead atoms. The number of aromatic amines is 1. The number of aromatic nitrogens is 2. The molecule has 2 heterocycles. The van der Waals surface area contributed by atoms with Gasteiger partial charge in [-0.1, -0.05) is 20.8 Å². The van der Waals surface area contributed by atoms with Crippen molar-refractivity contribution in [3.8, 4) is 0 Å². The molecular formula is C16H30N4O. The quantitative estimate of drug-likeness (QED) is 0.918. The van der Waals surface area contributed by atoms with Crippen LogP contribution in [-0.2, 0) is 16.7 Å². The Bertz CT molecular complexity index is 436. The molecule has 0 radical (unpaired) electrons. The van der Waals surface area contributed by atoms with E-state index in [-0.39, 0.29) is 5.41 Å². The highest BCUT2D eigenvalue weighted by molar-refractivity contribution is 5.16. The monoisotopic (exact) mass is 294 g/mol. The van der Waals surface area contributed by atoms with Gasteiger partial charge in [0.2, 0.25) is 0 Å². The maximum atomic E-state index is 5.74. The third-order valence-electron chi connectivity index (χ3n) is 3.84. The molecule has 1 aliphatic rings. The lowest BCUT2D eigenvalue weighted by Crippen LogP contribution is -2.34. The summed E-state index contributed by atoms with van der Waals surface area (Å²) in [7, 11) is 4.25. The van der Waals surface area contributed by atoms with Crippen LogP contribution in [0.4, 0.5) is 0 Å². The average Bonchev–Trinajstić information content (AvgIpc) is 2.71.